The Morgan fingerprint density at radius 1 is 1.15 bits per heavy atom. The number of hydrogen-bond donors (Lipinski definition) is 4. The number of hydrogen-bond acceptors (Lipinski definition) is 6. The number of nitrogen functional groups attached to an aromatic ring is 1. The zero-order chi connectivity index (χ0) is 23.8. The van der Waals surface area contributed by atoms with E-state index in [1.165, 1.54) is 6.92 Å². The molecule has 0 aliphatic carbocycles. The molecule has 170 valence electrons. The number of nitrogens with zero attached hydrogens (tertiary/aromatic N) is 2. The van der Waals surface area contributed by atoms with Crippen LogP contribution in [0.4, 0.5) is 5.69 Å². The van der Waals surface area contributed by atoms with Gasteiger partial charge in [0, 0.05) is 55.8 Å². The molecular weight excluding hydrogens is 412 g/mol. The molecule has 0 bridgehead atoms. The van der Waals surface area contributed by atoms with Crippen LogP contribution in [0.3, 0.4) is 0 Å². The molecular formula is C26H30N6O. The van der Waals surface area contributed by atoms with Crippen molar-refractivity contribution in [3.8, 4) is 11.1 Å². The zero-order valence-corrected chi connectivity index (χ0v) is 19.0. The molecule has 1 heterocycles. The Hall–Kier alpha value is -3.97. The van der Waals surface area contributed by atoms with Crippen molar-refractivity contribution in [2.24, 2.45) is 5.73 Å². The number of anilines is 1. The second-order valence-electron chi connectivity index (χ2n) is 7.98. The fraction of sp³-hybridized carbons (Fsp3) is 0.192. The van der Waals surface area contributed by atoms with Crippen molar-refractivity contribution >= 4 is 23.4 Å². The van der Waals surface area contributed by atoms with Gasteiger partial charge in [0.25, 0.3) is 0 Å². The molecule has 1 aromatic heterocycles. The van der Waals surface area contributed by atoms with Gasteiger partial charge in [0.05, 0.1) is 11.4 Å². The van der Waals surface area contributed by atoms with Crippen molar-refractivity contribution in [2.75, 3.05) is 25.9 Å². The zero-order valence-electron chi connectivity index (χ0n) is 19.0. The van der Waals surface area contributed by atoms with Crippen molar-refractivity contribution in [3.05, 3.63) is 89.4 Å². The molecule has 3 aromatic rings. The van der Waals surface area contributed by atoms with Gasteiger partial charge in [-0.3, -0.25) is 15.2 Å². The lowest BCUT2D eigenvalue weighted by atomic mass is 9.98. The van der Waals surface area contributed by atoms with Crippen LogP contribution in [0.2, 0.25) is 0 Å². The Labute approximate surface area is 194 Å². The lowest BCUT2D eigenvalue weighted by molar-refractivity contribution is -0.119. The fourth-order valence-electron chi connectivity index (χ4n) is 3.49. The summed E-state index contributed by atoms with van der Waals surface area (Å²) in [4.78, 5) is 17.3. The van der Waals surface area contributed by atoms with Gasteiger partial charge in [-0.25, -0.2) is 0 Å². The van der Waals surface area contributed by atoms with Crippen molar-refractivity contribution in [1.82, 2.24) is 15.2 Å². The molecule has 33 heavy (non-hydrogen) atoms. The summed E-state index contributed by atoms with van der Waals surface area (Å²) in [6.45, 7) is 3.60. The lowest BCUT2D eigenvalue weighted by Crippen LogP contribution is -2.31. The molecule has 0 saturated carbocycles. The summed E-state index contributed by atoms with van der Waals surface area (Å²) in [5.74, 6) is -0.0277. The number of likely N-dealkylation sites (N-methyl/N-ethyl adjacent to an activating group) is 1. The second kappa shape index (κ2) is 11.1. The summed E-state index contributed by atoms with van der Waals surface area (Å²) < 4.78 is 0. The molecule has 7 nitrogen and oxygen atoms in total. The Kier molecular flexibility index (Phi) is 7.94. The molecule has 0 radical (unpaired) electrons. The maximum atomic E-state index is 11.0. The van der Waals surface area contributed by atoms with Crippen LogP contribution in [0.1, 0.15) is 23.6 Å². The number of benzene rings is 2. The predicted octanol–water partition coefficient (Wildman–Crippen LogP) is 3.27. The molecule has 0 atom stereocenters. The van der Waals surface area contributed by atoms with Crippen molar-refractivity contribution in [2.45, 2.75) is 13.5 Å². The van der Waals surface area contributed by atoms with Gasteiger partial charge in [0.1, 0.15) is 0 Å². The highest BCUT2D eigenvalue weighted by molar-refractivity contribution is 6.15. The first-order chi connectivity index (χ1) is 15.8. The number of amides is 1. The van der Waals surface area contributed by atoms with Crippen molar-refractivity contribution < 1.29 is 4.79 Å². The Morgan fingerprint density at radius 3 is 2.70 bits per heavy atom. The summed E-state index contributed by atoms with van der Waals surface area (Å²) in [6, 6.07) is 17.4. The van der Waals surface area contributed by atoms with E-state index in [2.05, 4.69) is 15.2 Å². The van der Waals surface area contributed by atoms with Crippen LogP contribution in [0.5, 0.6) is 0 Å². The molecule has 0 unspecified atom stereocenters. The topological polar surface area (TPSA) is 121 Å². The SMILES string of the molecule is CC(=O)NCCN(C)Cc1cccc(/C=C(\N)C(=N)c2cc(-c3cccnc3)ccc2N)c1. The van der Waals surface area contributed by atoms with Gasteiger partial charge < -0.3 is 21.7 Å². The largest absolute Gasteiger partial charge is 0.398 e. The number of nitrogens with two attached hydrogens (primary N) is 2. The highest BCUT2D eigenvalue weighted by Gasteiger charge is 2.11. The molecule has 2 aromatic carbocycles. The first-order valence-electron chi connectivity index (χ1n) is 10.7. The van der Waals surface area contributed by atoms with Gasteiger partial charge in [-0.15, -0.1) is 0 Å². The number of pyridine rings is 1. The van der Waals surface area contributed by atoms with Crippen molar-refractivity contribution in [3.63, 3.8) is 0 Å². The van der Waals surface area contributed by atoms with Crippen LogP contribution in [0, 0.1) is 5.41 Å². The maximum Gasteiger partial charge on any atom is 0.216 e. The minimum absolute atomic E-state index is 0.0277. The number of nitrogens with one attached hydrogen (secondary N) is 2. The number of carbonyl (C=O) groups is 1. The average molecular weight is 443 g/mol. The number of aromatic nitrogens is 1. The first-order valence-corrected chi connectivity index (χ1v) is 10.7. The van der Waals surface area contributed by atoms with Gasteiger partial charge in [-0.1, -0.05) is 36.4 Å². The van der Waals surface area contributed by atoms with E-state index in [1.54, 1.807) is 24.5 Å². The summed E-state index contributed by atoms with van der Waals surface area (Å²) in [5, 5.41) is 11.4. The minimum atomic E-state index is -0.0277. The van der Waals surface area contributed by atoms with E-state index in [1.807, 2.05) is 55.6 Å². The van der Waals surface area contributed by atoms with Gasteiger partial charge in [0.15, 0.2) is 0 Å². The third kappa shape index (κ3) is 6.75. The molecule has 6 N–H and O–H groups in total. The van der Waals surface area contributed by atoms with E-state index in [0.29, 0.717) is 23.5 Å². The maximum absolute atomic E-state index is 11.0. The predicted molar refractivity (Wildman–Crippen MR) is 135 cm³/mol. The number of allylic oxidation sites excluding steroid dienone is 1. The highest BCUT2D eigenvalue weighted by Crippen LogP contribution is 2.25. The second-order valence-corrected chi connectivity index (χ2v) is 7.98. The third-order valence-corrected chi connectivity index (χ3v) is 5.20. The molecule has 1 amide bonds. The minimum Gasteiger partial charge on any atom is -0.398 e. The van der Waals surface area contributed by atoms with Gasteiger partial charge in [-0.05, 0) is 48.0 Å². The number of carbonyl (C=O) groups excluding carboxylic acids is 1. The van der Waals surface area contributed by atoms with E-state index in [0.717, 1.165) is 35.3 Å². The van der Waals surface area contributed by atoms with Crippen LogP contribution < -0.4 is 16.8 Å². The monoisotopic (exact) mass is 442 g/mol. The number of rotatable bonds is 9. The lowest BCUT2D eigenvalue weighted by Gasteiger charge is -2.17. The first kappa shape index (κ1) is 23.7. The Bertz CT molecular complexity index is 1160. The van der Waals surface area contributed by atoms with Crippen LogP contribution in [-0.2, 0) is 11.3 Å². The van der Waals surface area contributed by atoms with Crippen LogP contribution in [0.15, 0.2) is 72.7 Å². The van der Waals surface area contributed by atoms with E-state index in [4.69, 9.17) is 16.9 Å². The van der Waals surface area contributed by atoms with E-state index < -0.39 is 0 Å². The van der Waals surface area contributed by atoms with E-state index in [9.17, 15) is 4.79 Å². The highest BCUT2D eigenvalue weighted by atomic mass is 16.1. The smallest absolute Gasteiger partial charge is 0.216 e. The summed E-state index contributed by atoms with van der Waals surface area (Å²) in [7, 11) is 2.01. The van der Waals surface area contributed by atoms with E-state index >= 15 is 0 Å². The Morgan fingerprint density at radius 2 is 1.97 bits per heavy atom. The normalized spacial score (nSPS) is 11.4. The van der Waals surface area contributed by atoms with Gasteiger partial charge in [0.2, 0.25) is 5.91 Å². The van der Waals surface area contributed by atoms with Gasteiger partial charge >= 0.3 is 0 Å². The Balaban J connectivity index is 1.75. The van der Waals surface area contributed by atoms with Crippen molar-refractivity contribution in [1.29, 1.82) is 5.41 Å². The molecule has 0 aliphatic heterocycles. The standard InChI is InChI=1S/C26H30N6O/c1-18(33)31-11-12-32(2)17-20-6-3-5-19(13-20)14-25(28)26(29)23-15-21(8-9-24(23)27)22-7-4-10-30-16-22/h3-10,13-16,29H,11-12,17,27-28H2,1-2H3,(H,31,33)/b25-14-,29-26?. The summed E-state index contributed by atoms with van der Waals surface area (Å²) in [5.41, 5.74) is 18.0. The van der Waals surface area contributed by atoms with Crippen LogP contribution >= 0.6 is 0 Å². The molecule has 0 spiro atoms. The molecule has 7 heteroatoms. The summed E-state index contributed by atoms with van der Waals surface area (Å²) in [6.07, 6.45) is 5.29. The van der Waals surface area contributed by atoms with Crippen LogP contribution in [-0.4, -0.2) is 41.6 Å². The molecule has 0 aliphatic rings. The quantitative estimate of drug-likeness (QED) is 0.299. The van der Waals surface area contributed by atoms with E-state index in [-0.39, 0.29) is 11.6 Å². The van der Waals surface area contributed by atoms with Crippen LogP contribution in [0.25, 0.3) is 17.2 Å². The summed E-state index contributed by atoms with van der Waals surface area (Å²) >= 11 is 0. The molecule has 0 saturated heterocycles. The third-order valence-electron chi connectivity index (χ3n) is 5.20. The molecule has 0 fully saturated rings. The van der Waals surface area contributed by atoms with Gasteiger partial charge in [-0.2, -0.15) is 0 Å². The fourth-order valence-corrected chi connectivity index (χ4v) is 3.49. The average Bonchev–Trinajstić information content (AvgIpc) is 2.79. The molecule has 3 rings (SSSR count).